The summed E-state index contributed by atoms with van der Waals surface area (Å²) in [6, 6.07) is 17.3. The van der Waals surface area contributed by atoms with Crippen LogP contribution in [0.4, 0.5) is 11.4 Å². The van der Waals surface area contributed by atoms with E-state index in [4.69, 9.17) is 12.2 Å². The van der Waals surface area contributed by atoms with Crippen molar-refractivity contribution in [3.05, 3.63) is 60.2 Å². The van der Waals surface area contributed by atoms with Crippen LogP contribution in [0.1, 0.15) is 23.7 Å². The lowest BCUT2D eigenvalue weighted by molar-refractivity contribution is 0.102. The van der Waals surface area contributed by atoms with Crippen molar-refractivity contribution in [2.75, 3.05) is 42.9 Å². The molecule has 5 nitrogen and oxygen atoms in total. The normalized spacial score (nSPS) is 14.0. The van der Waals surface area contributed by atoms with E-state index in [1.807, 2.05) is 42.5 Å². The van der Waals surface area contributed by atoms with Crippen molar-refractivity contribution in [3.63, 3.8) is 0 Å². The fourth-order valence-corrected chi connectivity index (χ4v) is 3.34. The lowest BCUT2D eigenvalue weighted by atomic mass is 10.2. The molecule has 0 aromatic heterocycles. The minimum absolute atomic E-state index is 0.0925. The average Bonchev–Trinajstić information content (AvgIpc) is 2.73. The Kier molecular flexibility index (Phi) is 6.65. The van der Waals surface area contributed by atoms with E-state index in [-0.39, 0.29) is 5.91 Å². The second-order valence-corrected chi connectivity index (χ2v) is 6.96. The first-order valence-electron chi connectivity index (χ1n) is 9.41. The minimum Gasteiger partial charge on any atom is -0.368 e. The number of carbonyl (C=O) groups is 1. The molecule has 1 saturated heterocycles. The first-order valence-corrected chi connectivity index (χ1v) is 9.82. The Morgan fingerprint density at radius 3 is 2.30 bits per heavy atom. The van der Waals surface area contributed by atoms with Gasteiger partial charge in [0.25, 0.3) is 5.91 Å². The summed E-state index contributed by atoms with van der Waals surface area (Å²) in [5.74, 6) is -0.0925. The van der Waals surface area contributed by atoms with Crippen LogP contribution in [0.25, 0.3) is 0 Å². The molecule has 1 aliphatic rings. The van der Waals surface area contributed by atoms with E-state index in [2.05, 4.69) is 39.5 Å². The summed E-state index contributed by atoms with van der Waals surface area (Å²) in [7, 11) is 0. The Hall–Kier alpha value is -2.60. The third kappa shape index (κ3) is 5.20. The van der Waals surface area contributed by atoms with Crippen LogP contribution in [0.15, 0.2) is 54.6 Å². The Morgan fingerprint density at radius 1 is 1.00 bits per heavy atom. The molecule has 6 heteroatoms. The van der Waals surface area contributed by atoms with Gasteiger partial charge < -0.3 is 20.4 Å². The van der Waals surface area contributed by atoms with Gasteiger partial charge in [0.15, 0.2) is 5.11 Å². The van der Waals surface area contributed by atoms with Gasteiger partial charge in [0.05, 0.1) is 0 Å². The molecule has 1 fully saturated rings. The Labute approximate surface area is 166 Å². The van der Waals surface area contributed by atoms with Gasteiger partial charge in [-0.05, 0) is 55.0 Å². The number of amides is 1. The molecule has 0 radical (unpaired) electrons. The highest BCUT2D eigenvalue weighted by Gasteiger charge is 2.19. The highest BCUT2D eigenvalue weighted by Crippen LogP contribution is 2.20. The molecule has 27 heavy (non-hydrogen) atoms. The summed E-state index contributed by atoms with van der Waals surface area (Å²) in [5, 5.41) is 7.09. The maximum absolute atomic E-state index is 12.2. The highest BCUT2D eigenvalue weighted by molar-refractivity contribution is 7.80. The number of nitrogens with one attached hydrogen (secondary N) is 2. The first kappa shape index (κ1) is 19.2. The molecule has 142 valence electrons. The van der Waals surface area contributed by atoms with Crippen LogP contribution in [-0.2, 0) is 0 Å². The molecule has 0 atom stereocenters. The zero-order valence-electron chi connectivity index (χ0n) is 15.6. The van der Waals surface area contributed by atoms with Crippen LogP contribution in [0.3, 0.4) is 0 Å². The van der Waals surface area contributed by atoms with Gasteiger partial charge >= 0.3 is 0 Å². The van der Waals surface area contributed by atoms with Gasteiger partial charge in [-0.25, -0.2) is 0 Å². The summed E-state index contributed by atoms with van der Waals surface area (Å²) in [6.45, 7) is 6.77. The number of carbonyl (C=O) groups excluding carboxylic acids is 1. The number of hydrogen-bond donors (Lipinski definition) is 2. The third-order valence-corrected chi connectivity index (χ3v) is 5.02. The molecule has 3 rings (SSSR count). The van der Waals surface area contributed by atoms with Crippen molar-refractivity contribution in [2.24, 2.45) is 0 Å². The molecule has 0 bridgehead atoms. The zero-order chi connectivity index (χ0) is 19.1. The highest BCUT2D eigenvalue weighted by atomic mass is 32.1. The molecule has 1 heterocycles. The van der Waals surface area contributed by atoms with Crippen LogP contribution < -0.4 is 15.5 Å². The van der Waals surface area contributed by atoms with E-state index in [0.717, 1.165) is 49.9 Å². The second-order valence-electron chi connectivity index (χ2n) is 6.57. The van der Waals surface area contributed by atoms with Crippen LogP contribution in [0.2, 0.25) is 0 Å². The van der Waals surface area contributed by atoms with Crippen LogP contribution in [-0.4, -0.2) is 48.6 Å². The quantitative estimate of drug-likeness (QED) is 0.777. The molecular formula is C21H26N4OS. The topological polar surface area (TPSA) is 47.6 Å². The smallest absolute Gasteiger partial charge is 0.255 e. The maximum atomic E-state index is 12.2. The second kappa shape index (κ2) is 9.37. The molecule has 2 N–H and O–H groups in total. The van der Waals surface area contributed by atoms with Gasteiger partial charge in [-0.1, -0.05) is 25.1 Å². The fourth-order valence-electron chi connectivity index (χ4n) is 3.06. The van der Waals surface area contributed by atoms with Crippen molar-refractivity contribution >= 4 is 34.6 Å². The SMILES string of the molecule is CCCNC(=S)N1CCN(c2ccc(NC(=O)c3ccccc3)cc2)CC1. The number of benzene rings is 2. The number of thiocarbonyl (C=S) groups is 1. The zero-order valence-corrected chi connectivity index (χ0v) is 16.5. The molecular weight excluding hydrogens is 356 g/mol. The largest absolute Gasteiger partial charge is 0.368 e. The van der Waals surface area contributed by atoms with E-state index in [1.54, 1.807) is 0 Å². The van der Waals surface area contributed by atoms with Crippen LogP contribution >= 0.6 is 12.2 Å². The van der Waals surface area contributed by atoms with Gasteiger partial charge in [0.1, 0.15) is 0 Å². The van der Waals surface area contributed by atoms with E-state index >= 15 is 0 Å². The average molecular weight is 383 g/mol. The predicted molar refractivity (Wildman–Crippen MR) is 116 cm³/mol. The van der Waals surface area contributed by atoms with Crippen LogP contribution in [0.5, 0.6) is 0 Å². The number of rotatable bonds is 5. The fraction of sp³-hybridized carbons (Fsp3) is 0.333. The van der Waals surface area contributed by atoms with Gasteiger partial charge in [-0.15, -0.1) is 0 Å². The monoisotopic (exact) mass is 382 g/mol. The third-order valence-electron chi connectivity index (χ3n) is 4.62. The minimum atomic E-state index is -0.0925. The summed E-state index contributed by atoms with van der Waals surface area (Å²) in [4.78, 5) is 16.8. The first-order chi connectivity index (χ1) is 13.2. The molecule has 1 amide bonds. The lowest BCUT2D eigenvalue weighted by Gasteiger charge is -2.37. The Balaban J connectivity index is 1.52. The van der Waals surface area contributed by atoms with Gasteiger partial charge in [0.2, 0.25) is 0 Å². The summed E-state index contributed by atoms with van der Waals surface area (Å²) in [6.07, 6.45) is 1.08. The number of piperazine rings is 1. The summed E-state index contributed by atoms with van der Waals surface area (Å²) in [5.41, 5.74) is 2.63. The Bertz CT molecular complexity index is 756. The molecule has 0 unspecified atom stereocenters. The van der Waals surface area contributed by atoms with E-state index < -0.39 is 0 Å². The summed E-state index contributed by atoms with van der Waals surface area (Å²) >= 11 is 5.45. The Morgan fingerprint density at radius 2 is 1.67 bits per heavy atom. The molecule has 0 aliphatic carbocycles. The predicted octanol–water partition coefficient (Wildman–Crippen LogP) is 3.35. The molecule has 1 aliphatic heterocycles. The molecule has 2 aromatic carbocycles. The van der Waals surface area contributed by atoms with Crippen molar-refractivity contribution in [1.29, 1.82) is 0 Å². The van der Waals surface area contributed by atoms with Crippen LogP contribution in [0, 0.1) is 0 Å². The lowest BCUT2D eigenvalue weighted by Crippen LogP contribution is -2.51. The number of nitrogens with zero attached hydrogens (tertiary/aromatic N) is 2. The molecule has 0 spiro atoms. The van der Waals surface area contributed by atoms with E-state index in [0.29, 0.717) is 5.56 Å². The van der Waals surface area contributed by atoms with Gasteiger partial charge in [0, 0.05) is 49.7 Å². The molecule has 2 aromatic rings. The van der Waals surface area contributed by atoms with Crippen molar-refractivity contribution in [3.8, 4) is 0 Å². The molecule has 0 saturated carbocycles. The standard InChI is InChI=1S/C21H26N4OS/c1-2-12-22-21(27)25-15-13-24(14-16-25)19-10-8-18(9-11-19)23-20(26)17-6-4-3-5-7-17/h3-11H,2,12-16H2,1H3,(H,22,27)(H,23,26). The van der Waals surface area contributed by atoms with E-state index in [1.165, 1.54) is 5.69 Å². The van der Waals surface area contributed by atoms with E-state index in [9.17, 15) is 4.79 Å². The maximum Gasteiger partial charge on any atom is 0.255 e. The number of hydrogen-bond acceptors (Lipinski definition) is 3. The van der Waals surface area contributed by atoms with Crippen molar-refractivity contribution < 1.29 is 4.79 Å². The summed E-state index contributed by atoms with van der Waals surface area (Å²) < 4.78 is 0. The van der Waals surface area contributed by atoms with Crippen molar-refractivity contribution in [1.82, 2.24) is 10.2 Å². The number of anilines is 2. The van der Waals surface area contributed by atoms with Gasteiger partial charge in [-0.3, -0.25) is 4.79 Å². The van der Waals surface area contributed by atoms with Gasteiger partial charge in [-0.2, -0.15) is 0 Å². The van der Waals surface area contributed by atoms with Crippen molar-refractivity contribution in [2.45, 2.75) is 13.3 Å².